The van der Waals surface area contributed by atoms with Crippen molar-refractivity contribution < 1.29 is 4.42 Å². The first-order valence-electron chi connectivity index (χ1n) is 4.64. The highest BCUT2D eigenvalue weighted by molar-refractivity contribution is 5.82. The van der Waals surface area contributed by atoms with Crippen molar-refractivity contribution in [1.82, 2.24) is 5.32 Å². The number of benzene rings is 1. The van der Waals surface area contributed by atoms with E-state index in [1.54, 1.807) is 6.26 Å². The Morgan fingerprint density at radius 1 is 1.23 bits per heavy atom. The molecule has 1 aliphatic heterocycles. The highest BCUT2D eigenvalue weighted by atomic mass is 16.3. The van der Waals surface area contributed by atoms with Crippen molar-refractivity contribution in [2.45, 2.75) is 13.0 Å². The normalized spacial score (nSPS) is 16.0. The first kappa shape index (κ1) is 7.15. The number of nitrogens with one attached hydrogen (secondary N) is 1. The van der Waals surface area contributed by atoms with Crippen LogP contribution in [0, 0.1) is 0 Å². The number of hydrogen-bond donors (Lipinski definition) is 1. The van der Waals surface area contributed by atoms with Gasteiger partial charge in [0.15, 0.2) is 0 Å². The van der Waals surface area contributed by atoms with Gasteiger partial charge < -0.3 is 9.73 Å². The molecule has 3 rings (SSSR count). The van der Waals surface area contributed by atoms with Crippen LogP contribution in [-0.4, -0.2) is 6.54 Å². The summed E-state index contributed by atoms with van der Waals surface area (Å²) in [5.41, 5.74) is 3.88. The van der Waals surface area contributed by atoms with Gasteiger partial charge in [0.2, 0.25) is 0 Å². The van der Waals surface area contributed by atoms with Gasteiger partial charge in [-0.1, -0.05) is 6.07 Å². The first-order chi connectivity index (χ1) is 6.45. The summed E-state index contributed by atoms with van der Waals surface area (Å²) < 4.78 is 5.36. The van der Waals surface area contributed by atoms with Crippen LogP contribution < -0.4 is 5.32 Å². The summed E-state index contributed by atoms with van der Waals surface area (Å²) in [4.78, 5) is 0. The van der Waals surface area contributed by atoms with E-state index in [2.05, 4.69) is 23.5 Å². The molecule has 0 saturated carbocycles. The van der Waals surface area contributed by atoms with Gasteiger partial charge in [-0.05, 0) is 36.2 Å². The van der Waals surface area contributed by atoms with Crippen molar-refractivity contribution >= 4 is 11.0 Å². The van der Waals surface area contributed by atoms with Crippen LogP contribution in [0.3, 0.4) is 0 Å². The Kier molecular flexibility index (Phi) is 1.43. The van der Waals surface area contributed by atoms with Crippen molar-refractivity contribution in [3.8, 4) is 0 Å². The monoisotopic (exact) mass is 173 g/mol. The van der Waals surface area contributed by atoms with E-state index in [1.807, 2.05) is 0 Å². The van der Waals surface area contributed by atoms with Crippen LogP contribution in [0.25, 0.3) is 11.0 Å². The maximum Gasteiger partial charge on any atom is 0.134 e. The van der Waals surface area contributed by atoms with E-state index >= 15 is 0 Å². The lowest BCUT2D eigenvalue weighted by atomic mass is 9.98. The smallest absolute Gasteiger partial charge is 0.134 e. The molecule has 13 heavy (non-hydrogen) atoms. The molecule has 2 nitrogen and oxygen atoms in total. The molecule has 1 N–H and O–H groups in total. The Hall–Kier alpha value is -1.28. The van der Waals surface area contributed by atoms with Gasteiger partial charge in [0, 0.05) is 11.9 Å². The molecular weight excluding hydrogens is 162 g/mol. The van der Waals surface area contributed by atoms with Crippen LogP contribution in [0.2, 0.25) is 0 Å². The van der Waals surface area contributed by atoms with E-state index < -0.39 is 0 Å². The summed E-state index contributed by atoms with van der Waals surface area (Å²) in [6.07, 6.45) is 2.90. The van der Waals surface area contributed by atoms with Gasteiger partial charge in [0.1, 0.15) is 5.58 Å². The number of hydrogen-bond acceptors (Lipinski definition) is 2. The van der Waals surface area contributed by atoms with Crippen molar-refractivity contribution in [1.29, 1.82) is 0 Å². The summed E-state index contributed by atoms with van der Waals surface area (Å²) in [6.45, 7) is 2.07. The van der Waals surface area contributed by atoms with Crippen LogP contribution in [-0.2, 0) is 13.0 Å². The summed E-state index contributed by atoms with van der Waals surface area (Å²) in [7, 11) is 0. The third kappa shape index (κ3) is 0.988. The molecule has 0 bridgehead atoms. The predicted octanol–water partition coefficient (Wildman–Crippen LogP) is 2.08. The third-order valence-electron chi connectivity index (χ3n) is 2.72. The highest BCUT2D eigenvalue weighted by Crippen LogP contribution is 2.25. The van der Waals surface area contributed by atoms with E-state index in [1.165, 1.54) is 16.5 Å². The van der Waals surface area contributed by atoms with Gasteiger partial charge in [0.25, 0.3) is 0 Å². The molecule has 0 aliphatic carbocycles. The lowest BCUT2D eigenvalue weighted by Gasteiger charge is -2.17. The lowest BCUT2D eigenvalue weighted by Crippen LogP contribution is -2.23. The average Bonchev–Trinajstić information content (AvgIpc) is 2.65. The second-order valence-corrected chi connectivity index (χ2v) is 3.46. The summed E-state index contributed by atoms with van der Waals surface area (Å²) >= 11 is 0. The highest BCUT2D eigenvalue weighted by Gasteiger charge is 2.12. The quantitative estimate of drug-likeness (QED) is 0.659. The van der Waals surface area contributed by atoms with Gasteiger partial charge in [-0.2, -0.15) is 0 Å². The van der Waals surface area contributed by atoms with Crippen molar-refractivity contribution in [3.63, 3.8) is 0 Å². The molecule has 0 radical (unpaired) electrons. The second kappa shape index (κ2) is 2.60. The predicted molar refractivity (Wildman–Crippen MR) is 51.6 cm³/mol. The molecule has 0 saturated heterocycles. The maximum absolute atomic E-state index is 5.36. The Morgan fingerprint density at radius 2 is 2.23 bits per heavy atom. The van der Waals surface area contributed by atoms with E-state index in [4.69, 9.17) is 4.42 Å². The van der Waals surface area contributed by atoms with Gasteiger partial charge >= 0.3 is 0 Å². The topological polar surface area (TPSA) is 25.2 Å². The molecule has 2 heterocycles. The van der Waals surface area contributed by atoms with Gasteiger partial charge in [0.05, 0.1) is 6.26 Å². The molecule has 2 aromatic rings. The largest absolute Gasteiger partial charge is 0.464 e. The van der Waals surface area contributed by atoms with E-state index in [-0.39, 0.29) is 0 Å². The molecule has 1 aromatic heterocycles. The Labute approximate surface area is 76.5 Å². The zero-order chi connectivity index (χ0) is 8.67. The maximum atomic E-state index is 5.36. The molecular formula is C11H11NO. The number of furan rings is 1. The summed E-state index contributed by atoms with van der Waals surface area (Å²) in [6, 6.07) is 6.31. The number of rotatable bonds is 0. The fourth-order valence-corrected chi connectivity index (χ4v) is 2.03. The molecule has 2 heteroatoms. The summed E-state index contributed by atoms with van der Waals surface area (Å²) in [5, 5.41) is 4.65. The Morgan fingerprint density at radius 3 is 3.23 bits per heavy atom. The first-order valence-corrected chi connectivity index (χ1v) is 4.64. The SMILES string of the molecule is c1cc2c3c(ccc2o1)CCNC3. The van der Waals surface area contributed by atoms with Gasteiger partial charge in [-0.15, -0.1) is 0 Å². The van der Waals surface area contributed by atoms with Gasteiger partial charge in [-0.3, -0.25) is 0 Å². The fraction of sp³-hybridized carbons (Fsp3) is 0.273. The van der Waals surface area contributed by atoms with Gasteiger partial charge in [-0.25, -0.2) is 0 Å². The van der Waals surface area contributed by atoms with Crippen LogP contribution in [0.5, 0.6) is 0 Å². The average molecular weight is 173 g/mol. The minimum absolute atomic E-state index is 0.978. The molecule has 1 aliphatic rings. The fourth-order valence-electron chi connectivity index (χ4n) is 2.03. The molecule has 1 aromatic carbocycles. The van der Waals surface area contributed by atoms with Crippen LogP contribution in [0.1, 0.15) is 11.1 Å². The van der Waals surface area contributed by atoms with Crippen molar-refractivity contribution in [2.75, 3.05) is 6.54 Å². The Balaban J connectivity index is 2.34. The molecule has 0 fully saturated rings. The molecule has 0 spiro atoms. The lowest BCUT2D eigenvalue weighted by molar-refractivity contribution is 0.613. The van der Waals surface area contributed by atoms with Crippen LogP contribution >= 0.6 is 0 Å². The van der Waals surface area contributed by atoms with Crippen molar-refractivity contribution in [2.24, 2.45) is 0 Å². The molecule has 0 unspecified atom stereocenters. The van der Waals surface area contributed by atoms with E-state index in [0.717, 1.165) is 25.1 Å². The summed E-state index contributed by atoms with van der Waals surface area (Å²) in [5.74, 6) is 0. The van der Waals surface area contributed by atoms with Crippen LogP contribution in [0.15, 0.2) is 28.9 Å². The van der Waals surface area contributed by atoms with Crippen LogP contribution in [0.4, 0.5) is 0 Å². The molecule has 66 valence electrons. The van der Waals surface area contributed by atoms with Crippen molar-refractivity contribution in [3.05, 3.63) is 35.6 Å². The third-order valence-corrected chi connectivity index (χ3v) is 2.72. The molecule has 0 atom stereocenters. The molecule has 0 amide bonds. The zero-order valence-corrected chi connectivity index (χ0v) is 7.34. The van der Waals surface area contributed by atoms with E-state index in [9.17, 15) is 0 Å². The minimum atomic E-state index is 0.978. The standard InChI is InChI=1S/C11H11NO/c1-2-11-9(4-6-13-11)10-7-12-5-3-8(1)10/h1-2,4,6,12H,3,5,7H2. The zero-order valence-electron chi connectivity index (χ0n) is 7.34. The minimum Gasteiger partial charge on any atom is -0.464 e. The van der Waals surface area contributed by atoms with E-state index in [0.29, 0.717) is 0 Å². The number of fused-ring (bicyclic) bond motifs is 3. The second-order valence-electron chi connectivity index (χ2n) is 3.46. The Bertz CT molecular complexity index is 444.